The molecule has 1 amide bonds. The van der Waals surface area contributed by atoms with Crippen molar-refractivity contribution in [3.8, 4) is 5.75 Å². The van der Waals surface area contributed by atoms with Gasteiger partial charge in [0.2, 0.25) is 10.0 Å². The van der Waals surface area contributed by atoms with Gasteiger partial charge in [0, 0.05) is 24.7 Å². The van der Waals surface area contributed by atoms with Crippen LogP contribution in [0.5, 0.6) is 5.75 Å². The Kier molecular flexibility index (Phi) is 6.92. The predicted molar refractivity (Wildman–Crippen MR) is 113 cm³/mol. The van der Waals surface area contributed by atoms with Gasteiger partial charge in [-0.15, -0.1) is 0 Å². The maximum Gasteiger partial charge on any atom is 0.251 e. The third-order valence-electron chi connectivity index (χ3n) is 5.30. The number of nitrogens with zero attached hydrogens (tertiary/aromatic N) is 1. The molecule has 0 bridgehead atoms. The van der Waals surface area contributed by atoms with E-state index in [2.05, 4.69) is 5.32 Å². The molecule has 1 saturated heterocycles. The molecule has 1 aliphatic rings. The highest BCUT2D eigenvalue weighted by atomic mass is 32.2. The number of hydrogen-bond acceptors (Lipinski definition) is 4. The summed E-state index contributed by atoms with van der Waals surface area (Å²) >= 11 is 0. The zero-order valence-corrected chi connectivity index (χ0v) is 17.7. The van der Waals surface area contributed by atoms with E-state index in [4.69, 9.17) is 4.74 Å². The third-order valence-corrected chi connectivity index (χ3v) is 7.26. The first kappa shape index (κ1) is 21.3. The maximum absolute atomic E-state index is 13.1. The number of carbonyl (C=O) groups is 1. The molecule has 29 heavy (non-hydrogen) atoms. The Bertz CT molecular complexity index is 942. The topological polar surface area (TPSA) is 75.7 Å². The smallest absolute Gasteiger partial charge is 0.251 e. The average Bonchev–Trinajstić information content (AvgIpc) is 2.74. The van der Waals surface area contributed by atoms with Gasteiger partial charge < -0.3 is 10.1 Å². The van der Waals surface area contributed by atoms with E-state index in [0.29, 0.717) is 35.7 Å². The van der Waals surface area contributed by atoms with Gasteiger partial charge in [-0.05, 0) is 56.5 Å². The van der Waals surface area contributed by atoms with Crippen molar-refractivity contribution < 1.29 is 17.9 Å². The number of rotatable bonds is 7. The molecular formula is C22H28N2O4S. The van der Waals surface area contributed by atoms with Crippen LogP contribution in [-0.4, -0.2) is 44.9 Å². The van der Waals surface area contributed by atoms with Crippen molar-refractivity contribution in [2.75, 3.05) is 20.2 Å². The minimum atomic E-state index is -3.54. The highest BCUT2D eigenvalue weighted by Crippen LogP contribution is 2.27. The molecule has 2 aromatic carbocycles. The van der Waals surface area contributed by atoms with Gasteiger partial charge in [-0.25, -0.2) is 8.42 Å². The molecule has 1 heterocycles. The summed E-state index contributed by atoms with van der Waals surface area (Å²) in [6.45, 7) is 2.87. The molecule has 1 atom stereocenters. The van der Waals surface area contributed by atoms with E-state index in [1.54, 1.807) is 47.8 Å². The van der Waals surface area contributed by atoms with Gasteiger partial charge in [0.05, 0.1) is 12.0 Å². The van der Waals surface area contributed by atoms with Gasteiger partial charge in [-0.1, -0.05) is 30.2 Å². The van der Waals surface area contributed by atoms with Crippen molar-refractivity contribution in [3.63, 3.8) is 0 Å². The predicted octanol–water partition coefficient (Wildman–Crippen LogP) is 3.37. The van der Waals surface area contributed by atoms with Crippen LogP contribution in [-0.2, 0) is 10.0 Å². The summed E-state index contributed by atoms with van der Waals surface area (Å²) in [7, 11) is -1.98. The Balaban J connectivity index is 1.64. The standard InChI is InChI=1S/C22H28N2O4S/c1-17-9-11-21(12-10-17)29(26,27)24-15-4-3-7-19(24)13-14-23-22(25)18-6-5-8-20(16-18)28-2/h5-6,8-12,16,19H,3-4,7,13-15H2,1-2H3,(H,23,25). The number of aryl methyl sites for hydroxylation is 1. The Labute approximate surface area is 172 Å². The van der Waals surface area contributed by atoms with Crippen molar-refractivity contribution in [2.24, 2.45) is 0 Å². The number of sulfonamides is 1. The number of amides is 1. The number of nitrogens with one attached hydrogen (secondary N) is 1. The molecule has 0 saturated carbocycles. The molecule has 3 rings (SSSR count). The molecule has 156 valence electrons. The zero-order chi connectivity index (χ0) is 20.9. The van der Waals surface area contributed by atoms with Crippen LogP contribution in [0, 0.1) is 6.92 Å². The molecule has 7 heteroatoms. The summed E-state index contributed by atoms with van der Waals surface area (Å²) in [6, 6.07) is 13.8. The summed E-state index contributed by atoms with van der Waals surface area (Å²) < 4.78 is 33.0. The van der Waals surface area contributed by atoms with Crippen LogP contribution < -0.4 is 10.1 Å². The van der Waals surface area contributed by atoms with Crippen molar-refractivity contribution in [1.82, 2.24) is 9.62 Å². The molecule has 1 fully saturated rings. The molecule has 0 aromatic heterocycles. The summed E-state index contributed by atoms with van der Waals surface area (Å²) in [5.74, 6) is 0.438. The van der Waals surface area contributed by atoms with Crippen LogP contribution in [0.2, 0.25) is 0 Å². The minimum Gasteiger partial charge on any atom is -0.497 e. The average molecular weight is 417 g/mol. The van der Waals surface area contributed by atoms with E-state index < -0.39 is 10.0 Å². The second kappa shape index (κ2) is 9.41. The van der Waals surface area contributed by atoms with Crippen molar-refractivity contribution in [3.05, 3.63) is 59.7 Å². The van der Waals surface area contributed by atoms with Crippen molar-refractivity contribution in [1.29, 1.82) is 0 Å². The van der Waals surface area contributed by atoms with Crippen LogP contribution >= 0.6 is 0 Å². The second-order valence-electron chi connectivity index (χ2n) is 7.35. The fraction of sp³-hybridized carbons (Fsp3) is 0.409. The van der Waals surface area contributed by atoms with Gasteiger partial charge in [-0.3, -0.25) is 4.79 Å². The quantitative estimate of drug-likeness (QED) is 0.751. The SMILES string of the molecule is COc1cccc(C(=O)NCCC2CCCCN2S(=O)(=O)c2ccc(C)cc2)c1. The van der Waals surface area contributed by atoms with E-state index in [9.17, 15) is 13.2 Å². The van der Waals surface area contributed by atoms with Crippen molar-refractivity contribution >= 4 is 15.9 Å². The normalized spacial score (nSPS) is 17.7. The van der Waals surface area contributed by atoms with Crippen LogP contribution in [0.15, 0.2) is 53.4 Å². The van der Waals surface area contributed by atoms with Gasteiger partial charge in [-0.2, -0.15) is 4.31 Å². The molecule has 0 radical (unpaired) electrons. The highest BCUT2D eigenvalue weighted by Gasteiger charge is 2.33. The first-order valence-electron chi connectivity index (χ1n) is 9.92. The number of piperidine rings is 1. The molecule has 2 aromatic rings. The first-order valence-corrected chi connectivity index (χ1v) is 11.4. The van der Waals surface area contributed by atoms with Crippen LogP contribution in [0.25, 0.3) is 0 Å². The third kappa shape index (κ3) is 5.16. The summed E-state index contributed by atoms with van der Waals surface area (Å²) in [5, 5.41) is 2.90. The maximum atomic E-state index is 13.1. The van der Waals surface area contributed by atoms with E-state index in [1.807, 2.05) is 19.1 Å². The molecule has 6 nitrogen and oxygen atoms in total. The molecule has 1 N–H and O–H groups in total. The van der Waals surface area contributed by atoms with E-state index >= 15 is 0 Å². The monoisotopic (exact) mass is 416 g/mol. The lowest BCUT2D eigenvalue weighted by molar-refractivity contribution is 0.0949. The van der Waals surface area contributed by atoms with Gasteiger partial charge >= 0.3 is 0 Å². The Morgan fingerprint density at radius 2 is 1.93 bits per heavy atom. The number of ether oxygens (including phenoxy) is 1. The van der Waals surface area contributed by atoms with Gasteiger partial charge in [0.1, 0.15) is 5.75 Å². The molecule has 0 spiro atoms. The summed E-state index contributed by atoms with van der Waals surface area (Å²) in [6.07, 6.45) is 3.24. The van der Waals surface area contributed by atoms with Crippen LogP contribution in [0.3, 0.4) is 0 Å². The Morgan fingerprint density at radius 3 is 2.66 bits per heavy atom. The van der Waals surface area contributed by atoms with Gasteiger partial charge in [0.25, 0.3) is 5.91 Å². The van der Waals surface area contributed by atoms with E-state index in [-0.39, 0.29) is 11.9 Å². The zero-order valence-electron chi connectivity index (χ0n) is 16.9. The lowest BCUT2D eigenvalue weighted by Gasteiger charge is -2.34. The summed E-state index contributed by atoms with van der Waals surface area (Å²) in [5.41, 5.74) is 1.55. The van der Waals surface area contributed by atoms with E-state index in [1.165, 1.54) is 0 Å². The van der Waals surface area contributed by atoms with Gasteiger partial charge in [0.15, 0.2) is 0 Å². The second-order valence-corrected chi connectivity index (χ2v) is 9.25. The molecule has 1 unspecified atom stereocenters. The highest BCUT2D eigenvalue weighted by molar-refractivity contribution is 7.89. The fourth-order valence-electron chi connectivity index (χ4n) is 3.64. The first-order chi connectivity index (χ1) is 13.9. The number of methoxy groups -OCH3 is 1. The lowest BCUT2D eigenvalue weighted by Crippen LogP contribution is -2.45. The molecule has 0 aliphatic carbocycles. The van der Waals surface area contributed by atoms with Crippen molar-refractivity contribution in [2.45, 2.75) is 43.5 Å². The number of hydrogen-bond donors (Lipinski definition) is 1. The molecular weight excluding hydrogens is 388 g/mol. The van der Waals surface area contributed by atoms with E-state index in [0.717, 1.165) is 24.8 Å². The minimum absolute atomic E-state index is 0.110. The largest absolute Gasteiger partial charge is 0.497 e. The Hall–Kier alpha value is -2.38. The van der Waals surface area contributed by atoms with Crippen LogP contribution in [0.1, 0.15) is 41.6 Å². The fourth-order valence-corrected chi connectivity index (χ4v) is 5.37. The Morgan fingerprint density at radius 1 is 1.17 bits per heavy atom. The lowest BCUT2D eigenvalue weighted by atomic mass is 10.0. The number of carbonyl (C=O) groups excluding carboxylic acids is 1. The molecule has 1 aliphatic heterocycles. The van der Waals surface area contributed by atoms with Crippen LogP contribution in [0.4, 0.5) is 0 Å². The number of benzene rings is 2. The summed E-state index contributed by atoms with van der Waals surface area (Å²) in [4.78, 5) is 12.7.